The highest BCUT2D eigenvalue weighted by Gasteiger charge is 2.25. The van der Waals surface area contributed by atoms with Gasteiger partial charge in [0, 0.05) is 23.9 Å². The topological polar surface area (TPSA) is 72.6 Å². The lowest BCUT2D eigenvalue weighted by Crippen LogP contribution is -2.39. The number of nitrogens with two attached hydrogens (primary N) is 1. The van der Waals surface area contributed by atoms with E-state index >= 15 is 0 Å². The number of carbonyl (C=O) groups is 2. The van der Waals surface area contributed by atoms with Crippen molar-refractivity contribution in [1.29, 1.82) is 0 Å². The Bertz CT molecular complexity index is 839. The first kappa shape index (κ1) is 16.9. The molecule has 0 unspecified atom stereocenters. The molecule has 0 atom stereocenters. The van der Waals surface area contributed by atoms with Gasteiger partial charge in [-0.2, -0.15) is 0 Å². The fourth-order valence-corrected chi connectivity index (χ4v) is 2.92. The molecule has 1 aliphatic rings. The van der Waals surface area contributed by atoms with Crippen LogP contribution in [0.25, 0.3) is 0 Å². The number of nitrogens with zero attached hydrogens (tertiary/aromatic N) is 1. The molecule has 0 spiro atoms. The minimum Gasteiger partial charge on any atom is -0.481 e. The van der Waals surface area contributed by atoms with E-state index in [2.05, 4.69) is 0 Å². The van der Waals surface area contributed by atoms with Gasteiger partial charge in [-0.1, -0.05) is 6.07 Å². The highest BCUT2D eigenvalue weighted by molar-refractivity contribution is 6.00. The molecule has 2 aromatic rings. The Kier molecular flexibility index (Phi) is 4.65. The second kappa shape index (κ2) is 6.88. The van der Waals surface area contributed by atoms with Gasteiger partial charge in [-0.25, -0.2) is 8.78 Å². The third-order valence-electron chi connectivity index (χ3n) is 4.06. The van der Waals surface area contributed by atoms with E-state index in [4.69, 9.17) is 10.5 Å². The molecule has 7 heteroatoms. The van der Waals surface area contributed by atoms with Crippen LogP contribution in [-0.2, 0) is 11.2 Å². The number of benzene rings is 2. The van der Waals surface area contributed by atoms with Gasteiger partial charge in [0.15, 0.2) is 18.2 Å². The summed E-state index contributed by atoms with van der Waals surface area (Å²) >= 11 is 0. The van der Waals surface area contributed by atoms with Gasteiger partial charge in [0.05, 0.1) is 0 Å². The maximum Gasteiger partial charge on any atom is 0.264 e. The second-order valence-electron chi connectivity index (χ2n) is 5.68. The van der Waals surface area contributed by atoms with Gasteiger partial charge < -0.3 is 15.4 Å². The van der Waals surface area contributed by atoms with E-state index in [9.17, 15) is 18.4 Å². The molecule has 0 radical (unpaired) electrons. The molecule has 0 aromatic heterocycles. The first-order chi connectivity index (χ1) is 12.0. The molecule has 25 heavy (non-hydrogen) atoms. The molecule has 0 bridgehead atoms. The second-order valence-corrected chi connectivity index (χ2v) is 5.68. The van der Waals surface area contributed by atoms with Crippen molar-refractivity contribution in [3.05, 3.63) is 59.2 Å². The highest BCUT2D eigenvalue weighted by Crippen LogP contribution is 2.30. The number of hydrogen-bond donors (Lipinski definition) is 1. The van der Waals surface area contributed by atoms with Crippen molar-refractivity contribution in [3.8, 4) is 5.75 Å². The summed E-state index contributed by atoms with van der Waals surface area (Å²) in [6, 6.07) is 7.89. The van der Waals surface area contributed by atoms with Crippen LogP contribution in [0.1, 0.15) is 22.3 Å². The number of primary amides is 1. The number of carbonyl (C=O) groups excluding carboxylic acids is 2. The molecule has 0 fully saturated rings. The number of fused-ring (bicyclic) bond motifs is 1. The van der Waals surface area contributed by atoms with Gasteiger partial charge in [-0.15, -0.1) is 0 Å². The number of ether oxygens (including phenoxy) is 1. The standard InChI is InChI=1S/C18H16F2N2O3/c19-11-6-7-16(14(20)9-11)25-10-17(23)22-8-2-4-12-13(18(21)24)3-1-5-15(12)22/h1,3,5-7,9H,2,4,8,10H2,(H2,21,24). The summed E-state index contributed by atoms with van der Waals surface area (Å²) in [5.41, 5.74) is 7.10. The SMILES string of the molecule is NC(=O)c1cccc2c1CCCN2C(=O)COc1ccc(F)cc1F. The molecule has 2 aromatic carbocycles. The fourth-order valence-electron chi connectivity index (χ4n) is 2.92. The van der Waals surface area contributed by atoms with Gasteiger partial charge in [-0.05, 0) is 42.7 Å². The number of rotatable bonds is 4. The summed E-state index contributed by atoms with van der Waals surface area (Å²) in [6.45, 7) is 0.0616. The van der Waals surface area contributed by atoms with Crippen LogP contribution in [0.15, 0.2) is 36.4 Å². The van der Waals surface area contributed by atoms with Crippen LogP contribution in [0.5, 0.6) is 5.75 Å². The molecule has 2 N–H and O–H groups in total. The number of halogens is 2. The lowest BCUT2D eigenvalue weighted by atomic mass is 9.96. The first-order valence-corrected chi connectivity index (χ1v) is 7.77. The molecule has 1 heterocycles. The van der Waals surface area contributed by atoms with Crippen LogP contribution < -0.4 is 15.4 Å². The smallest absolute Gasteiger partial charge is 0.264 e. The van der Waals surface area contributed by atoms with E-state index in [-0.39, 0.29) is 11.7 Å². The molecular formula is C18H16F2N2O3. The summed E-state index contributed by atoms with van der Waals surface area (Å²) in [4.78, 5) is 25.5. The number of anilines is 1. The molecule has 0 saturated carbocycles. The van der Waals surface area contributed by atoms with Crippen molar-refractivity contribution < 1.29 is 23.1 Å². The summed E-state index contributed by atoms with van der Waals surface area (Å²) in [5.74, 6) is -2.72. The monoisotopic (exact) mass is 346 g/mol. The summed E-state index contributed by atoms with van der Waals surface area (Å²) in [5, 5.41) is 0. The van der Waals surface area contributed by atoms with Gasteiger partial charge in [0.25, 0.3) is 5.91 Å². The Morgan fingerprint density at radius 2 is 2.00 bits per heavy atom. The molecule has 130 valence electrons. The molecule has 3 rings (SSSR count). The molecule has 0 aliphatic carbocycles. The number of hydrogen-bond acceptors (Lipinski definition) is 3. The lowest BCUT2D eigenvalue weighted by Gasteiger charge is -2.30. The van der Waals surface area contributed by atoms with Gasteiger partial charge >= 0.3 is 0 Å². The van der Waals surface area contributed by atoms with E-state index in [1.165, 1.54) is 4.90 Å². The van der Waals surface area contributed by atoms with E-state index in [1.54, 1.807) is 18.2 Å². The zero-order valence-electron chi connectivity index (χ0n) is 13.3. The minimum absolute atomic E-state index is 0.196. The van der Waals surface area contributed by atoms with E-state index in [0.717, 1.165) is 17.7 Å². The number of amides is 2. The predicted molar refractivity (Wildman–Crippen MR) is 87.5 cm³/mol. The quantitative estimate of drug-likeness (QED) is 0.924. The average Bonchev–Trinajstić information content (AvgIpc) is 2.59. The molecule has 1 aliphatic heterocycles. The van der Waals surface area contributed by atoms with Crippen molar-refractivity contribution in [3.63, 3.8) is 0 Å². The van der Waals surface area contributed by atoms with Crippen LogP contribution in [0.3, 0.4) is 0 Å². The maximum absolute atomic E-state index is 13.6. The van der Waals surface area contributed by atoms with Crippen molar-refractivity contribution in [2.75, 3.05) is 18.1 Å². The first-order valence-electron chi connectivity index (χ1n) is 7.77. The third kappa shape index (κ3) is 3.45. The highest BCUT2D eigenvalue weighted by atomic mass is 19.1. The summed E-state index contributed by atoms with van der Waals surface area (Å²) in [6.07, 6.45) is 1.32. The Morgan fingerprint density at radius 1 is 1.20 bits per heavy atom. The minimum atomic E-state index is -0.872. The van der Waals surface area contributed by atoms with Crippen LogP contribution in [-0.4, -0.2) is 25.0 Å². The van der Waals surface area contributed by atoms with E-state index in [1.807, 2.05) is 0 Å². The normalized spacial score (nSPS) is 13.3. The average molecular weight is 346 g/mol. The Labute approximate surface area is 143 Å². The molecule has 0 saturated heterocycles. The maximum atomic E-state index is 13.6. The molecule has 2 amide bonds. The van der Waals surface area contributed by atoms with E-state index < -0.39 is 24.1 Å². The Balaban J connectivity index is 1.78. The van der Waals surface area contributed by atoms with Crippen LogP contribution >= 0.6 is 0 Å². The van der Waals surface area contributed by atoms with Crippen molar-refractivity contribution in [1.82, 2.24) is 0 Å². The van der Waals surface area contributed by atoms with Gasteiger partial charge in [-0.3, -0.25) is 9.59 Å². The van der Waals surface area contributed by atoms with Crippen LogP contribution in [0.4, 0.5) is 14.5 Å². The fraction of sp³-hybridized carbons (Fsp3) is 0.222. The zero-order valence-corrected chi connectivity index (χ0v) is 13.3. The van der Waals surface area contributed by atoms with Crippen LogP contribution in [0, 0.1) is 11.6 Å². The zero-order chi connectivity index (χ0) is 18.0. The largest absolute Gasteiger partial charge is 0.481 e. The van der Waals surface area contributed by atoms with E-state index in [0.29, 0.717) is 36.7 Å². The van der Waals surface area contributed by atoms with Crippen LogP contribution in [0.2, 0.25) is 0 Å². The molecule has 5 nitrogen and oxygen atoms in total. The summed E-state index contributed by atoms with van der Waals surface area (Å²) < 4.78 is 31.7. The van der Waals surface area contributed by atoms with Gasteiger partial charge in [0.1, 0.15) is 5.82 Å². The van der Waals surface area contributed by atoms with Crippen molar-refractivity contribution in [2.24, 2.45) is 5.73 Å². The Hall–Kier alpha value is -2.96. The van der Waals surface area contributed by atoms with Crippen molar-refractivity contribution >= 4 is 17.5 Å². The molecular weight excluding hydrogens is 330 g/mol. The third-order valence-corrected chi connectivity index (χ3v) is 4.06. The summed E-state index contributed by atoms with van der Waals surface area (Å²) in [7, 11) is 0. The van der Waals surface area contributed by atoms with Gasteiger partial charge in [0.2, 0.25) is 5.91 Å². The van der Waals surface area contributed by atoms with Crippen molar-refractivity contribution in [2.45, 2.75) is 12.8 Å². The lowest BCUT2D eigenvalue weighted by molar-refractivity contribution is -0.120. The predicted octanol–water partition coefficient (Wildman–Crippen LogP) is 2.42. The Morgan fingerprint density at radius 3 is 2.72 bits per heavy atom.